The van der Waals surface area contributed by atoms with E-state index in [-0.39, 0.29) is 5.95 Å². The Bertz CT molecular complexity index is 447. The highest BCUT2D eigenvalue weighted by atomic mass is 15.5. The minimum Gasteiger partial charge on any atom is -0.368 e. The molecule has 0 saturated carbocycles. The SMILES string of the molecule is CN(C)c1nc(N)n(-c2ncccn2)n1. The van der Waals surface area contributed by atoms with Crippen LogP contribution in [0.25, 0.3) is 5.95 Å². The number of aromatic nitrogens is 5. The maximum atomic E-state index is 5.69. The van der Waals surface area contributed by atoms with Gasteiger partial charge in [0.1, 0.15) is 0 Å². The van der Waals surface area contributed by atoms with Gasteiger partial charge in [0.05, 0.1) is 0 Å². The summed E-state index contributed by atoms with van der Waals surface area (Å²) in [6.45, 7) is 0. The largest absolute Gasteiger partial charge is 0.368 e. The normalized spacial score (nSPS) is 10.3. The fraction of sp³-hybridized carbons (Fsp3) is 0.250. The summed E-state index contributed by atoms with van der Waals surface area (Å²) in [6.07, 6.45) is 3.25. The molecule has 2 N–H and O–H groups in total. The Morgan fingerprint density at radius 3 is 2.47 bits per heavy atom. The molecular formula is C8H11N7. The minimum atomic E-state index is 0.268. The van der Waals surface area contributed by atoms with E-state index in [1.807, 2.05) is 14.1 Å². The van der Waals surface area contributed by atoms with E-state index in [0.29, 0.717) is 11.9 Å². The predicted octanol–water partition coefficient (Wildman–Crippen LogP) is -0.295. The Morgan fingerprint density at radius 2 is 1.93 bits per heavy atom. The maximum absolute atomic E-state index is 5.69. The van der Waals surface area contributed by atoms with Crippen molar-refractivity contribution in [2.24, 2.45) is 0 Å². The van der Waals surface area contributed by atoms with E-state index in [1.54, 1.807) is 23.4 Å². The van der Waals surface area contributed by atoms with E-state index in [9.17, 15) is 0 Å². The van der Waals surface area contributed by atoms with Crippen LogP contribution < -0.4 is 10.6 Å². The molecule has 2 aromatic heterocycles. The van der Waals surface area contributed by atoms with Gasteiger partial charge in [-0.05, 0) is 6.07 Å². The second kappa shape index (κ2) is 3.52. The lowest BCUT2D eigenvalue weighted by atomic mass is 10.7. The summed E-state index contributed by atoms with van der Waals surface area (Å²) in [7, 11) is 3.68. The van der Waals surface area contributed by atoms with Crippen molar-refractivity contribution >= 4 is 11.9 Å². The first-order valence-corrected chi connectivity index (χ1v) is 4.36. The Kier molecular flexibility index (Phi) is 2.20. The van der Waals surface area contributed by atoms with Gasteiger partial charge in [0.25, 0.3) is 5.95 Å². The van der Waals surface area contributed by atoms with Gasteiger partial charge in [-0.2, -0.15) is 9.67 Å². The smallest absolute Gasteiger partial charge is 0.253 e. The van der Waals surface area contributed by atoms with E-state index in [0.717, 1.165) is 0 Å². The van der Waals surface area contributed by atoms with Crippen LogP contribution in [0.15, 0.2) is 18.5 Å². The highest BCUT2D eigenvalue weighted by Crippen LogP contribution is 2.10. The van der Waals surface area contributed by atoms with Crippen molar-refractivity contribution in [3.05, 3.63) is 18.5 Å². The van der Waals surface area contributed by atoms with Crippen LogP contribution in [0.4, 0.5) is 11.9 Å². The van der Waals surface area contributed by atoms with E-state index < -0.39 is 0 Å². The zero-order chi connectivity index (χ0) is 10.8. The minimum absolute atomic E-state index is 0.268. The molecule has 2 rings (SSSR count). The van der Waals surface area contributed by atoms with Crippen LogP contribution >= 0.6 is 0 Å². The van der Waals surface area contributed by atoms with Crippen molar-refractivity contribution in [1.82, 2.24) is 24.7 Å². The average Bonchev–Trinajstić information content (AvgIpc) is 2.62. The summed E-state index contributed by atoms with van der Waals surface area (Å²) in [5.74, 6) is 1.21. The number of rotatable bonds is 2. The van der Waals surface area contributed by atoms with Crippen LogP contribution in [0.1, 0.15) is 0 Å². The van der Waals surface area contributed by atoms with Crippen LogP contribution in [0.2, 0.25) is 0 Å². The molecule has 0 aliphatic heterocycles. The molecule has 0 aromatic carbocycles. The topological polar surface area (TPSA) is 85.8 Å². The lowest BCUT2D eigenvalue weighted by Gasteiger charge is -2.03. The molecule has 0 radical (unpaired) electrons. The van der Waals surface area contributed by atoms with Gasteiger partial charge in [-0.15, -0.1) is 5.10 Å². The molecule has 0 amide bonds. The van der Waals surface area contributed by atoms with Crippen molar-refractivity contribution in [2.75, 3.05) is 24.7 Å². The number of nitrogens with zero attached hydrogens (tertiary/aromatic N) is 6. The van der Waals surface area contributed by atoms with Gasteiger partial charge in [0, 0.05) is 26.5 Å². The zero-order valence-corrected chi connectivity index (χ0v) is 8.49. The van der Waals surface area contributed by atoms with Gasteiger partial charge in [0.15, 0.2) is 0 Å². The fourth-order valence-electron chi connectivity index (χ4n) is 1.05. The van der Waals surface area contributed by atoms with Crippen molar-refractivity contribution in [3.8, 4) is 5.95 Å². The third kappa shape index (κ3) is 1.71. The molecular weight excluding hydrogens is 194 g/mol. The maximum Gasteiger partial charge on any atom is 0.253 e. The number of anilines is 2. The molecule has 0 spiro atoms. The summed E-state index contributed by atoms with van der Waals surface area (Å²) < 4.78 is 1.40. The molecule has 0 bridgehead atoms. The van der Waals surface area contributed by atoms with Gasteiger partial charge in [0.2, 0.25) is 11.9 Å². The fourth-order valence-corrected chi connectivity index (χ4v) is 1.05. The third-order valence-electron chi connectivity index (χ3n) is 1.76. The van der Waals surface area contributed by atoms with E-state index in [1.165, 1.54) is 4.68 Å². The Morgan fingerprint density at radius 1 is 1.27 bits per heavy atom. The summed E-state index contributed by atoms with van der Waals surface area (Å²) >= 11 is 0. The molecule has 0 aliphatic rings. The highest BCUT2D eigenvalue weighted by molar-refractivity contribution is 5.36. The lowest BCUT2D eigenvalue weighted by Crippen LogP contribution is -2.11. The summed E-state index contributed by atoms with van der Waals surface area (Å²) in [4.78, 5) is 13.9. The standard InChI is InChI=1S/C8H11N7/c1-14(2)8-12-6(9)15(13-8)7-10-4-3-5-11-7/h3-5H,1-2H3,(H2,9,12,13). The number of hydrogen-bond donors (Lipinski definition) is 1. The van der Waals surface area contributed by atoms with Gasteiger partial charge in [-0.25, -0.2) is 9.97 Å². The number of hydrogen-bond acceptors (Lipinski definition) is 6. The van der Waals surface area contributed by atoms with E-state index in [2.05, 4.69) is 20.1 Å². The Hall–Kier alpha value is -2.18. The Labute approximate surface area is 86.6 Å². The average molecular weight is 205 g/mol. The molecule has 0 saturated heterocycles. The van der Waals surface area contributed by atoms with Crippen LogP contribution in [-0.2, 0) is 0 Å². The van der Waals surface area contributed by atoms with Gasteiger partial charge >= 0.3 is 0 Å². The predicted molar refractivity (Wildman–Crippen MR) is 55.7 cm³/mol. The molecule has 7 heteroatoms. The summed E-state index contributed by atoms with van der Waals surface area (Å²) in [5.41, 5.74) is 5.69. The first-order chi connectivity index (χ1) is 7.18. The molecule has 7 nitrogen and oxygen atoms in total. The highest BCUT2D eigenvalue weighted by Gasteiger charge is 2.11. The molecule has 0 unspecified atom stereocenters. The molecule has 15 heavy (non-hydrogen) atoms. The first-order valence-electron chi connectivity index (χ1n) is 4.36. The van der Waals surface area contributed by atoms with Gasteiger partial charge in [-0.3, -0.25) is 0 Å². The number of nitrogens with two attached hydrogens (primary N) is 1. The quantitative estimate of drug-likeness (QED) is 0.724. The second-order valence-corrected chi connectivity index (χ2v) is 3.13. The van der Waals surface area contributed by atoms with Gasteiger partial charge in [-0.1, -0.05) is 0 Å². The van der Waals surface area contributed by atoms with Crippen LogP contribution in [0.5, 0.6) is 0 Å². The van der Waals surface area contributed by atoms with Crippen molar-refractivity contribution in [1.29, 1.82) is 0 Å². The van der Waals surface area contributed by atoms with Crippen LogP contribution in [-0.4, -0.2) is 38.8 Å². The second-order valence-electron chi connectivity index (χ2n) is 3.13. The molecule has 0 atom stereocenters. The molecule has 0 fully saturated rings. The first kappa shape index (κ1) is 9.38. The molecule has 2 aromatic rings. The van der Waals surface area contributed by atoms with E-state index >= 15 is 0 Å². The third-order valence-corrected chi connectivity index (χ3v) is 1.76. The summed E-state index contributed by atoms with van der Waals surface area (Å²) in [6, 6.07) is 1.73. The molecule has 0 aliphatic carbocycles. The molecule has 78 valence electrons. The molecule has 2 heterocycles. The zero-order valence-electron chi connectivity index (χ0n) is 8.49. The van der Waals surface area contributed by atoms with E-state index in [4.69, 9.17) is 5.73 Å². The van der Waals surface area contributed by atoms with Gasteiger partial charge < -0.3 is 10.6 Å². The van der Waals surface area contributed by atoms with Crippen LogP contribution in [0, 0.1) is 0 Å². The van der Waals surface area contributed by atoms with Crippen molar-refractivity contribution in [3.63, 3.8) is 0 Å². The van der Waals surface area contributed by atoms with Crippen LogP contribution in [0.3, 0.4) is 0 Å². The van der Waals surface area contributed by atoms with Crippen molar-refractivity contribution < 1.29 is 0 Å². The number of nitrogen functional groups attached to an aromatic ring is 1. The summed E-state index contributed by atoms with van der Waals surface area (Å²) in [5, 5.41) is 4.16. The monoisotopic (exact) mass is 205 g/mol. The Balaban J connectivity index is 2.45. The lowest BCUT2D eigenvalue weighted by molar-refractivity contribution is 0.810. The van der Waals surface area contributed by atoms with Crippen molar-refractivity contribution in [2.45, 2.75) is 0 Å².